The molecule has 0 saturated heterocycles. The van der Waals surface area contributed by atoms with Crippen LogP contribution < -0.4 is 0 Å². The number of carbonyl (C=O) groups is 1. The molecule has 4 nitrogen and oxygen atoms in total. The monoisotopic (exact) mass is 188 g/mol. The van der Waals surface area contributed by atoms with Crippen LogP contribution in [0.2, 0.25) is 0 Å². The van der Waals surface area contributed by atoms with Crippen LogP contribution in [0.4, 0.5) is 0 Å². The predicted octanol–water partition coefficient (Wildman–Crippen LogP) is 1.76. The molecular formula is C9H16O4. The molecule has 0 aromatic rings. The van der Waals surface area contributed by atoms with Gasteiger partial charge in [-0.3, -0.25) is 0 Å². The van der Waals surface area contributed by atoms with Gasteiger partial charge in [-0.2, -0.15) is 0 Å². The lowest BCUT2D eigenvalue weighted by molar-refractivity contribution is -0.343. The molecule has 0 amide bonds. The van der Waals surface area contributed by atoms with E-state index in [1.165, 1.54) is 6.08 Å². The summed E-state index contributed by atoms with van der Waals surface area (Å²) < 4.78 is 0. The van der Waals surface area contributed by atoms with Crippen molar-refractivity contribution in [1.82, 2.24) is 0 Å². The van der Waals surface area contributed by atoms with Gasteiger partial charge in [0.15, 0.2) is 0 Å². The Morgan fingerprint density at radius 2 is 2.00 bits per heavy atom. The van der Waals surface area contributed by atoms with Crippen molar-refractivity contribution in [3.63, 3.8) is 0 Å². The van der Waals surface area contributed by atoms with Gasteiger partial charge in [0.2, 0.25) is 0 Å². The van der Waals surface area contributed by atoms with E-state index in [0.29, 0.717) is 0 Å². The Morgan fingerprint density at radius 1 is 1.46 bits per heavy atom. The van der Waals surface area contributed by atoms with Gasteiger partial charge in [0.1, 0.15) is 6.61 Å². The van der Waals surface area contributed by atoms with Gasteiger partial charge >= 0.3 is 5.97 Å². The lowest BCUT2D eigenvalue weighted by Crippen LogP contribution is -2.21. The summed E-state index contributed by atoms with van der Waals surface area (Å²) in [7, 11) is 0. The Hall–Kier alpha value is -0.870. The zero-order valence-corrected chi connectivity index (χ0v) is 8.46. The fourth-order valence-electron chi connectivity index (χ4n) is 0.538. The normalized spacial score (nSPS) is 13.1. The van der Waals surface area contributed by atoms with Gasteiger partial charge in [0.25, 0.3) is 0 Å². The number of hydrogen-bond acceptors (Lipinski definition) is 3. The van der Waals surface area contributed by atoms with Crippen LogP contribution in [0.3, 0.4) is 0 Å². The maximum Gasteiger partial charge on any atom is 0.333 e. The van der Waals surface area contributed by atoms with E-state index in [1.54, 1.807) is 6.92 Å². The minimum atomic E-state index is -0.986. The van der Waals surface area contributed by atoms with Crippen LogP contribution in [0.15, 0.2) is 11.6 Å². The molecule has 0 aromatic heterocycles. The van der Waals surface area contributed by atoms with E-state index < -0.39 is 11.6 Å². The van der Waals surface area contributed by atoms with Gasteiger partial charge in [-0.15, -0.1) is 0 Å². The number of carboxylic acid groups (broad SMARTS) is 1. The Bertz CT molecular complexity index is 200. The molecule has 13 heavy (non-hydrogen) atoms. The van der Waals surface area contributed by atoms with Gasteiger partial charge < -0.3 is 5.11 Å². The Morgan fingerprint density at radius 3 is 2.31 bits per heavy atom. The molecule has 0 unspecified atom stereocenters. The lowest BCUT2D eigenvalue weighted by Gasteiger charge is -2.17. The van der Waals surface area contributed by atoms with Crippen LogP contribution in [0.25, 0.3) is 0 Å². The van der Waals surface area contributed by atoms with E-state index >= 15 is 0 Å². The summed E-state index contributed by atoms with van der Waals surface area (Å²) in [5.41, 5.74) is -0.235. The molecule has 0 aliphatic carbocycles. The van der Waals surface area contributed by atoms with Crippen molar-refractivity contribution in [2.45, 2.75) is 33.3 Å². The van der Waals surface area contributed by atoms with Gasteiger partial charge in [0.05, 0.1) is 11.2 Å². The quantitative estimate of drug-likeness (QED) is 0.415. The van der Waals surface area contributed by atoms with Crippen molar-refractivity contribution in [2.24, 2.45) is 0 Å². The second-order valence-corrected chi connectivity index (χ2v) is 3.58. The van der Waals surface area contributed by atoms with E-state index in [1.807, 2.05) is 20.8 Å². The molecule has 1 N–H and O–H groups in total. The minimum Gasteiger partial charge on any atom is -0.478 e. The fourth-order valence-corrected chi connectivity index (χ4v) is 0.538. The summed E-state index contributed by atoms with van der Waals surface area (Å²) in [5, 5.41) is 8.60. The first kappa shape index (κ1) is 12.1. The highest BCUT2D eigenvalue weighted by Crippen LogP contribution is 2.08. The molecule has 0 aliphatic rings. The third-order valence-electron chi connectivity index (χ3n) is 1.15. The number of allylic oxidation sites excluding steroid dienone is 1. The molecular weight excluding hydrogens is 172 g/mol. The SMILES string of the molecule is CC=C(COOC(C)(C)C)C(=O)O. The van der Waals surface area contributed by atoms with Gasteiger partial charge in [0, 0.05) is 0 Å². The predicted molar refractivity (Wildman–Crippen MR) is 48.2 cm³/mol. The summed E-state index contributed by atoms with van der Waals surface area (Å²) in [4.78, 5) is 20.2. The maximum absolute atomic E-state index is 10.5. The molecule has 0 atom stereocenters. The van der Waals surface area contributed by atoms with Crippen LogP contribution in [-0.2, 0) is 14.6 Å². The van der Waals surface area contributed by atoms with E-state index in [0.717, 1.165) is 0 Å². The number of rotatable bonds is 4. The average Bonchev–Trinajstić information content (AvgIpc) is 1.95. The maximum atomic E-state index is 10.5. The Labute approximate surface area is 78.1 Å². The zero-order valence-electron chi connectivity index (χ0n) is 8.46. The lowest BCUT2D eigenvalue weighted by atomic mass is 10.2. The van der Waals surface area contributed by atoms with Crippen molar-refractivity contribution >= 4 is 5.97 Å². The summed E-state index contributed by atoms with van der Waals surface area (Å²) in [6.07, 6.45) is 1.48. The molecule has 0 spiro atoms. The largest absolute Gasteiger partial charge is 0.478 e. The second kappa shape index (κ2) is 4.99. The smallest absolute Gasteiger partial charge is 0.333 e. The molecule has 76 valence electrons. The standard InChI is InChI=1S/C9H16O4/c1-5-7(8(10)11)6-12-13-9(2,3)4/h5H,6H2,1-4H3,(H,10,11). The third kappa shape index (κ3) is 6.31. The van der Waals surface area contributed by atoms with Crippen LogP contribution in [0, 0.1) is 0 Å². The van der Waals surface area contributed by atoms with Crippen molar-refractivity contribution in [3.05, 3.63) is 11.6 Å². The Balaban J connectivity index is 3.83. The summed E-state index contributed by atoms with van der Waals surface area (Å²) in [6, 6.07) is 0. The van der Waals surface area contributed by atoms with E-state index in [4.69, 9.17) is 14.9 Å². The first-order valence-corrected chi connectivity index (χ1v) is 4.06. The van der Waals surface area contributed by atoms with E-state index in [2.05, 4.69) is 0 Å². The Kier molecular flexibility index (Phi) is 4.66. The highest BCUT2D eigenvalue weighted by atomic mass is 17.2. The summed E-state index contributed by atoms with van der Waals surface area (Å²) in [5.74, 6) is -0.986. The van der Waals surface area contributed by atoms with Crippen molar-refractivity contribution in [1.29, 1.82) is 0 Å². The first-order valence-electron chi connectivity index (χ1n) is 4.06. The molecule has 0 radical (unpaired) electrons. The summed E-state index contributed by atoms with van der Waals surface area (Å²) >= 11 is 0. The molecule has 0 heterocycles. The fraction of sp³-hybridized carbons (Fsp3) is 0.667. The molecule has 4 heteroatoms. The van der Waals surface area contributed by atoms with Crippen LogP contribution in [0.1, 0.15) is 27.7 Å². The molecule has 0 aliphatic heterocycles. The van der Waals surface area contributed by atoms with Crippen LogP contribution >= 0.6 is 0 Å². The topological polar surface area (TPSA) is 55.8 Å². The minimum absolute atomic E-state index is 0.0386. The zero-order chi connectivity index (χ0) is 10.5. The van der Waals surface area contributed by atoms with Crippen molar-refractivity contribution in [2.75, 3.05) is 6.61 Å². The van der Waals surface area contributed by atoms with Gasteiger partial charge in [-0.05, 0) is 27.7 Å². The summed E-state index contributed by atoms with van der Waals surface area (Å²) in [6.45, 7) is 7.07. The average molecular weight is 188 g/mol. The van der Waals surface area contributed by atoms with E-state index in [9.17, 15) is 4.79 Å². The van der Waals surface area contributed by atoms with Gasteiger partial charge in [-0.1, -0.05) is 6.08 Å². The molecule has 0 rings (SSSR count). The van der Waals surface area contributed by atoms with Gasteiger partial charge in [-0.25, -0.2) is 14.6 Å². The number of aliphatic carboxylic acids is 1. The number of hydrogen-bond donors (Lipinski definition) is 1. The first-order chi connectivity index (χ1) is 5.87. The van der Waals surface area contributed by atoms with Crippen molar-refractivity contribution < 1.29 is 19.7 Å². The molecule has 0 saturated carbocycles. The molecule has 0 fully saturated rings. The number of carboxylic acids is 1. The molecule has 0 aromatic carbocycles. The van der Waals surface area contributed by atoms with E-state index in [-0.39, 0.29) is 12.2 Å². The highest BCUT2D eigenvalue weighted by Gasteiger charge is 2.13. The molecule has 0 bridgehead atoms. The second-order valence-electron chi connectivity index (χ2n) is 3.58. The van der Waals surface area contributed by atoms with Crippen LogP contribution in [-0.4, -0.2) is 23.3 Å². The van der Waals surface area contributed by atoms with Crippen molar-refractivity contribution in [3.8, 4) is 0 Å². The highest BCUT2D eigenvalue weighted by molar-refractivity contribution is 5.86. The van der Waals surface area contributed by atoms with Crippen LogP contribution in [0.5, 0.6) is 0 Å². The third-order valence-corrected chi connectivity index (χ3v) is 1.15.